The Morgan fingerprint density at radius 1 is 0.963 bits per heavy atom. The third-order valence-corrected chi connectivity index (χ3v) is 4.65. The summed E-state index contributed by atoms with van der Waals surface area (Å²) in [5.41, 5.74) is 3.86. The summed E-state index contributed by atoms with van der Waals surface area (Å²) >= 11 is 0. The zero-order valence-electron chi connectivity index (χ0n) is 14.7. The minimum absolute atomic E-state index is 0.288. The number of rotatable bonds is 3. The number of hydrogen-bond donors (Lipinski definition) is 0. The van der Waals surface area contributed by atoms with Crippen molar-refractivity contribution in [2.24, 2.45) is 0 Å². The van der Waals surface area contributed by atoms with Crippen LogP contribution in [0.2, 0.25) is 0 Å². The van der Waals surface area contributed by atoms with Crippen molar-refractivity contribution in [3.8, 4) is 28.5 Å². The number of anilines is 1. The lowest BCUT2D eigenvalue weighted by atomic mass is 9.98. The number of hydrogen-bond acceptors (Lipinski definition) is 4. The van der Waals surface area contributed by atoms with E-state index in [1.165, 1.54) is 12.1 Å². The van der Waals surface area contributed by atoms with E-state index in [0.717, 1.165) is 16.7 Å². The molecule has 2 heterocycles. The van der Waals surface area contributed by atoms with Crippen LogP contribution in [0.25, 0.3) is 22.4 Å². The lowest BCUT2D eigenvalue weighted by Crippen LogP contribution is -2.37. The molecular weight excluding hydrogens is 341 g/mol. The van der Waals surface area contributed by atoms with E-state index in [4.69, 9.17) is 9.72 Å². The second-order valence-corrected chi connectivity index (χ2v) is 6.34. The molecule has 0 radical (unpaired) electrons. The highest BCUT2D eigenvalue weighted by molar-refractivity contribution is 5.81. The van der Waals surface area contributed by atoms with E-state index in [2.05, 4.69) is 11.0 Å². The van der Waals surface area contributed by atoms with Crippen LogP contribution in [-0.2, 0) is 4.74 Å². The summed E-state index contributed by atoms with van der Waals surface area (Å²) in [4.78, 5) is 6.86. The maximum absolute atomic E-state index is 13.3. The van der Waals surface area contributed by atoms with Crippen molar-refractivity contribution in [1.82, 2.24) is 4.98 Å². The van der Waals surface area contributed by atoms with Crippen LogP contribution < -0.4 is 4.90 Å². The first-order chi connectivity index (χ1) is 13.3. The molecule has 1 aliphatic rings. The fourth-order valence-corrected chi connectivity index (χ4v) is 3.26. The van der Waals surface area contributed by atoms with Gasteiger partial charge < -0.3 is 9.64 Å². The van der Waals surface area contributed by atoms with Crippen LogP contribution in [0.1, 0.15) is 5.56 Å². The Hall–Kier alpha value is -3.23. The van der Waals surface area contributed by atoms with Gasteiger partial charge >= 0.3 is 0 Å². The average molecular weight is 359 g/mol. The topological polar surface area (TPSA) is 49.2 Å². The van der Waals surface area contributed by atoms with Gasteiger partial charge in [0.05, 0.1) is 18.9 Å². The van der Waals surface area contributed by atoms with Crippen LogP contribution in [0.4, 0.5) is 10.2 Å². The van der Waals surface area contributed by atoms with E-state index in [9.17, 15) is 9.65 Å². The summed E-state index contributed by atoms with van der Waals surface area (Å²) in [6.07, 6.45) is 0. The van der Waals surface area contributed by atoms with Gasteiger partial charge in [-0.2, -0.15) is 5.26 Å². The van der Waals surface area contributed by atoms with E-state index >= 15 is 0 Å². The largest absolute Gasteiger partial charge is 0.378 e. The molecule has 2 aromatic carbocycles. The van der Waals surface area contributed by atoms with Crippen molar-refractivity contribution in [2.45, 2.75) is 0 Å². The molecule has 0 saturated carbocycles. The van der Waals surface area contributed by atoms with Crippen molar-refractivity contribution >= 4 is 5.82 Å². The predicted molar refractivity (Wildman–Crippen MR) is 103 cm³/mol. The van der Waals surface area contributed by atoms with Gasteiger partial charge in [-0.1, -0.05) is 30.3 Å². The minimum atomic E-state index is -0.288. The van der Waals surface area contributed by atoms with Gasteiger partial charge in [-0.3, -0.25) is 0 Å². The molecule has 0 bridgehead atoms. The quantitative estimate of drug-likeness (QED) is 0.701. The summed E-state index contributed by atoms with van der Waals surface area (Å²) < 4.78 is 18.8. The Kier molecular flexibility index (Phi) is 4.82. The molecule has 4 rings (SSSR count). The Morgan fingerprint density at radius 3 is 2.33 bits per heavy atom. The number of halogens is 1. The smallest absolute Gasteiger partial charge is 0.148 e. The highest BCUT2D eigenvalue weighted by atomic mass is 19.1. The second-order valence-electron chi connectivity index (χ2n) is 6.34. The van der Waals surface area contributed by atoms with Crippen LogP contribution >= 0.6 is 0 Å². The number of nitrogens with zero attached hydrogens (tertiary/aromatic N) is 3. The first kappa shape index (κ1) is 17.2. The predicted octanol–water partition coefficient (Wildman–Crippen LogP) is 4.26. The van der Waals surface area contributed by atoms with Gasteiger partial charge in [0.1, 0.15) is 23.3 Å². The van der Waals surface area contributed by atoms with Crippen molar-refractivity contribution in [1.29, 1.82) is 5.26 Å². The standard InChI is InChI=1S/C22H18FN3O/c23-18-8-6-17(7-9-18)21-14-19(16-4-2-1-3-5-16)20(15-24)22(25-21)26-10-12-27-13-11-26/h1-9,14H,10-13H2. The monoisotopic (exact) mass is 359 g/mol. The van der Waals surface area contributed by atoms with Gasteiger partial charge in [0.15, 0.2) is 0 Å². The number of pyridine rings is 1. The van der Waals surface area contributed by atoms with Crippen molar-refractivity contribution in [2.75, 3.05) is 31.2 Å². The Balaban J connectivity index is 1.92. The van der Waals surface area contributed by atoms with Crippen LogP contribution in [0.15, 0.2) is 60.7 Å². The zero-order valence-corrected chi connectivity index (χ0v) is 14.7. The molecule has 0 N–H and O–H groups in total. The minimum Gasteiger partial charge on any atom is -0.378 e. The van der Waals surface area contributed by atoms with Crippen LogP contribution in [0.5, 0.6) is 0 Å². The number of nitriles is 1. The molecule has 0 amide bonds. The molecule has 1 saturated heterocycles. The Bertz CT molecular complexity index is 975. The molecule has 0 atom stereocenters. The second kappa shape index (κ2) is 7.56. The molecule has 5 heteroatoms. The molecule has 27 heavy (non-hydrogen) atoms. The van der Waals surface area contributed by atoms with Crippen LogP contribution in [0, 0.1) is 17.1 Å². The summed E-state index contributed by atoms with van der Waals surface area (Å²) in [5.74, 6) is 0.366. The van der Waals surface area contributed by atoms with Crippen LogP contribution in [-0.4, -0.2) is 31.3 Å². The molecule has 1 aromatic heterocycles. The van der Waals surface area contributed by atoms with E-state index < -0.39 is 0 Å². The first-order valence-electron chi connectivity index (χ1n) is 8.85. The molecule has 3 aromatic rings. The van der Waals surface area contributed by atoms with Crippen LogP contribution in [0.3, 0.4) is 0 Å². The molecule has 1 fully saturated rings. The van der Waals surface area contributed by atoms with Gasteiger partial charge in [0.25, 0.3) is 0 Å². The normalized spacial score (nSPS) is 14.0. The zero-order chi connectivity index (χ0) is 18.6. The lowest BCUT2D eigenvalue weighted by Gasteiger charge is -2.29. The number of morpholine rings is 1. The fourth-order valence-electron chi connectivity index (χ4n) is 3.26. The van der Waals surface area contributed by atoms with Crippen molar-refractivity contribution < 1.29 is 9.13 Å². The van der Waals surface area contributed by atoms with Crippen molar-refractivity contribution in [3.05, 3.63) is 72.0 Å². The van der Waals surface area contributed by atoms with Gasteiger partial charge in [-0.15, -0.1) is 0 Å². The highest BCUT2D eigenvalue weighted by Crippen LogP contribution is 2.34. The SMILES string of the molecule is N#Cc1c(-c2ccccc2)cc(-c2ccc(F)cc2)nc1N1CCOCC1. The van der Waals surface area contributed by atoms with E-state index in [0.29, 0.717) is 43.4 Å². The van der Waals surface area contributed by atoms with Crippen molar-refractivity contribution in [3.63, 3.8) is 0 Å². The summed E-state index contributed by atoms with van der Waals surface area (Å²) in [7, 11) is 0. The molecule has 0 spiro atoms. The molecule has 1 aliphatic heterocycles. The molecule has 134 valence electrons. The summed E-state index contributed by atoms with van der Waals surface area (Å²) in [6, 6.07) is 20.3. The molecule has 0 unspecified atom stereocenters. The number of aromatic nitrogens is 1. The lowest BCUT2D eigenvalue weighted by molar-refractivity contribution is 0.122. The summed E-state index contributed by atoms with van der Waals surface area (Å²) in [5, 5.41) is 9.89. The van der Waals surface area contributed by atoms with E-state index in [1.807, 2.05) is 36.4 Å². The maximum atomic E-state index is 13.3. The molecule has 4 nitrogen and oxygen atoms in total. The van der Waals surface area contributed by atoms with Gasteiger partial charge in [-0.25, -0.2) is 9.37 Å². The Labute approximate surface area is 157 Å². The third kappa shape index (κ3) is 3.53. The summed E-state index contributed by atoms with van der Waals surface area (Å²) in [6.45, 7) is 2.58. The average Bonchev–Trinajstić information content (AvgIpc) is 2.74. The fraction of sp³-hybridized carbons (Fsp3) is 0.182. The molecular formula is C22H18FN3O. The third-order valence-electron chi connectivity index (χ3n) is 4.65. The van der Waals surface area contributed by atoms with Gasteiger partial charge in [0, 0.05) is 24.2 Å². The number of ether oxygens (including phenoxy) is 1. The van der Waals surface area contributed by atoms with Gasteiger partial charge in [0.2, 0.25) is 0 Å². The van der Waals surface area contributed by atoms with E-state index in [1.54, 1.807) is 12.1 Å². The Morgan fingerprint density at radius 2 is 1.67 bits per heavy atom. The first-order valence-corrected chi connectivity index (χ1v) is 8.85. The highest BCUT2D eigenvalue weighted by Gasteiger charge is 2.21. The van der Waals surface area contributed by atoms with Gasteiger partial charge in [-0.05, 0) is 35.9 Å². The maximum Gasteiger partial charge on any atom is 0.148 e. The number of benzene rings is 2. The molecule has 0 aliphatic carbocycles. The van der Waals surface area contributed by atoms with E-state index in [-0.39, 0.29) is 5.82 Å².